The van der Waals surface area contributed by atoms with E-state index in [2.05, 4.69) is 50.4 Å². The summed E-state index contributed by atoms with van der Waals surface area (Å²) in [5, 5.41) is 3.16. The van der Waals surface area contributed by atoms with Crippen LogP contribution >= 0.6 is 0 Å². The fourth-order valence-electron chi connectivity index (χ4n) is 2.21. The van der Waals surface area contributed by atoms with Crippen LogP contribution < -0.4 is 5.32 Å². The number of rotatable bonds is 4. The number of carbonyl (C=O) groups excluding carboxylic acids is 1. The molecule has 1 atom stereocenters. The molecule has 19 heavy (non-hydrogen) atoms. The van der Waals surface area contributed by atoms with Crippen molar-refractivity contribution in [1.29, 1.82) is 0 Å². The number of nitrogens with one attached hydrogen (secondary N) is 1. The minimum absolute atomic E-state index is 0.109. The third kappa shape index (κ3) is 5.06. The number of hydrogen-bond acceptors (Lipinski definition) is 1. The Morgan fingerprint density at radius 1 is 1.11 bits per heavy atom. The molecule has 1 N–H and O–H groups in total. The summed E-state index contributed by atoms with van der Waals surface area (Å²) in [7, 11) is 0. The SMILES string of the molecule is CC(CC(C)(C)NC(=O)C(C)(C)C)c1ccccc1. The summed E-state index contributed by atoms with van der Waals surface area (Å²) < 4.78 is 0. The molecule has 0 aliphatic rings. The van der Waals surface area contributed by atoms with Gasteiger partial charge in [-0.05, 0) is 31.7 Å². The maximum Gasteiger partial charge on any atom is 0.225 e. The molecule has 0 aliphatic carbocycles. The van der Waals surface area contributed by atoms with Crippen molar-refractivity contribution in [2.45, 2.75) is 59.4 Å². The van der Waals surface area contributed by atoms with Crippen LogP contribution in [-0.2, 0) is 4.79 Å². The second-order valence-corrected chi connectivity index (χ2v) is 7.10. The normalized spacial score (nSPS) is 14.0. The molecular weight excluding hydrogens is 234 g/mol. The van der Waals surface area contributed by atoms with E-state index in [1.165, 1.54) is 5.56 Å². The molecular formula is C17H27NO. The Kier molecular flexibility index (Phi) is 4.78. The van der Waals surface area contributed by atoms with Gasteiger partial charge in [0.1, 0.15) is 0 Å². The van der Waals surface area contributed by atoms with Crippen molar-refractivity contribution in [2.75, 3.05) is 0 Å². The van der Waals surface area contributed by atoms with Crippen molar-refractivity contribution >= 4 is 5.91 Å². The molecule has 0 saturated heterocycles. The Morgan fingerprint density at radius 2 is 1.63 bits per heavy atom. The fourth-order valence-corrected chi connectivity index (χ4v) is 2.21. The molecule has 1 rings (SSSR count). The summed E-state index contributed by atoms with van der Waals surface area (Å²) in [5.74, 6) is 0.536. The van der Waals surface area contributed by atoms with Gasteiger partial charge in [-0.2, -0.15) is 0 Å². The van der Waals surface area contributed by atoms with Gasteiger partial charge in [0.05, 0.1) is 0 Å². The van der Waals surface area contributed by atoms with Crippen molar-refractivity contribution in [3.05, 3.63) is 35.9 Å². The summed E-state index contributed by atoms with van der Waals surface area (Å²) in [6.07, 6.45) is 0.929. The smallest absolute Gasteiger partial charge is 0.225 e. The van der Waals surface area contributed by atoms with Gasteiger partial charge in [-0.15, -0.1) is 0 Å². The minimum Gasteiger partial charge on any atom is -0.351 e. The first kappa shape index (κ1) is 15.7. The van der Waals surface area contributed by atoms with Gasteiger partial charge in [0.25, 0.3) is 0 Å². The van der Waals surface area contributed by atoms with Gasteiger partial charge in [-0.3, -0.25) is 4.79 Å². The molecule has 1 aromatic rings. The average molecular weight is 261 g/mol. The van der Waals surface area contributed by atoms with E-state index in [0.29, 0.717) is 5.92 Å². The first-order valence-electron chi connectivity index (χ1n) is 6.99. The van der Waals surface area contributed by atoms with E-state index in [-0.39, 0.29) is 16.9 Å². The maximum absolute atomic E-state index is 12.1. The third-order valence-electron chi connectivity index (χ3n) is 3.32. The van der Waals surface area contributed by atoms with Crippen LogP contribution in [-0.4, -0.2) is 11.4 Å². The zero-order valence-corrected chi connectivity index (χ0v) is 13.1. The van der Waals surface area contributed by atoms with Gasteiger partial charge >= 0.3 is 0 Å². The summed E-state index contributed by atoms with van der Waals surface area (Å²) in [4.78, 5) is 12.1. The Hall–Kier alpha value is -1.31. The molecule has 1 amide bonds. The van der Waals surface area contributed by atoms with Crippen molar-refractivity contribution in [3.63, 3.8) is 0 Å². The van der Waals surface area contributed by atoms with Crippen LogP contribution in [0.25, 0.3) is 0 Å². The highest BCUT2D eigenvalue weighted by Crippen LogP contribution is 2.26. The maximum atomic E-state index is 12.1. The zero-order chi connectivity index (χ0) is 14.7. The highest BCUT2D eigenvalue weighted by atomic mass is 16.2. The van der Waals surface area contributed by atoms with Gasteiger partial charge in [0, 0.05) is 11.0 Å². The van der Waals surface area contributed by atoms with E-state index >= 15 is 0 Å². The Balaban J connectivity index is 2.67. The molecule has 0 spiro atoms. The second-order valence-electron chi connectivity index (χ2n) is 7.10. The largest absolute Gasteiger partial charge is 0.351 e. The van der Waals surface area contributed by atoms with Crippen molar-refractivity contribution < 1.29 is 4.79 Å². The molecule has 0 radical (unpaired) electrons. The van der Waals surface area contributed by atoms with Crippen molar-refractivity contribution in [1.82, 2.24) is 5.32 Å². The summed E-state index contributed by atoms with van der Waals surface area (Å²) in [5.41, 5.74) is 0.785. The Morgan fingerprint density at radius 3 is 2.11 bits per heavy atom. The fraction of sp³-hybridized carbons (Fsp3) is 0.588. The summed E-state index contributed by atoms with van der Waals surface area (Å²) in [6, 6.07) is 10.4. The topological polar surface area (TPSA) is 29.1 Å². The van der Waals surface area contributed by atoms with Crippen LogP contribution in [0.1, 0.15) is 59.4 Å². The van der Waals surface area contributed by atoms with Crippen molar-refractivity contribution in [3.8, 4) is 0 Å². The van der Waals surface area contributed by atoms with Gasteiger partial charge < -0.3 is 5.32 Å². The molecule has 0 saturated carbocycles. The highest BCUT2D eigenvalue weighted by molar-refractivity contribution is 5.82. The van der Waals surface area contributed by atoms with Crippen LogP contribution in [0.5, 0.6) is 0 Å². The molecule has 2 nitrogen and oxygen atoms in total. The summed E-state index contributed by atoms with van der Waals surface area (Å²) >= 11 is 0. The van der Waals surface area contributed by atoms with Crippen molar-refractivity contribution in [2.24, 2.45) is 5.41 Å². The van der Waals surface area contributed by atoms with E-state index in [0.717, 1.165) is 6.42 Å². The predicted octanol–water partition coefficient (Wildman–Crippen LogP) is 4.12. The van der Waals surface area contributed by atoms with Gasteiger partial charge in [0.2, 0.25) is 5.91 Å². The molecule has 0 aromatic heterocycles. The Labute approximate surface area is 117 Å². The molecule has 1 aromatic carbocycles. The van der Waals surface area contributed by atoms with Crippen LogP contribution in [0.4, 0.5) is 0 Å². The number of carbonyl (C=O) groups is 1. The average Bonchev–Trinajstić information content (AvgIpc) is 2.27. The van der Waals surface area contributed by atoms with Gasteiger partial charge in [-0.1, -0.05) is 58.0 Å². The van der Waals surface area contributed by atoms with Gasteiger partial charge in [-0.25, -0.2) is 0 Å². The quantitative estimate of drug-likeness (QED) is 0.868. The molecule has 1 unspecified atom stereocenters. The predicted molar refractivity (Wildman–Crippen MR) is 81.2 cm³/mol. The highest BCUT2D eigenvalue weighted by Gasteiger charge is 2.29. The van der Waals surface area contributed by atoms with E-state index in [9.17, 15) is 4.79 Å². The van der Waals surface area contributed by atoms with Crippen LogP contribution in [0, 0.1) is 5.41 Å². The molecule has 0 aliphatic heterocycles. The van der Waals surface area contributed by atoms with Crippen LogP contribution in [0.15, 0.2) is 30.3 Å². The lowest BCUT2D eigenvalue weighted by atomic mass is 9.85. The zero-order valence-electron chi connectivity index (χ0n) is 13.1. The number of hydrogen-bond donors (Lipinski definition) is 1. The minimum atomic E-state index is -0.340. The molecule has 0 heterocycles. The first-order chi connectivity index (χ1) is 8.62. The molecule has 0 fully saturated rings. The molecule has 0 bridgehead atoms. The lowest BCUT2D eigenvalue weighted by molar-refractivity contribution is -0.130. The molecule has 2 heteroatoms. The molecule has 106 valence electrons. The number of benzene rings is 1. The van der Waals surface area contributed by atoms with Gasteiger partial charge in [0.15, 0.2) is 0 Å². The van der Waals surface area contributed by atoms with E-state index < -0.39 is 0 Å². The monoisotopic (exact) mass is 261 g/mol. The van der Waals surface area contributed by atoms with Crippen LogP contribution in [0.2, 0.25) is 0 Å². The van der Waals surface area contributed by atoms with E-state index in [1.807, 2.05) is 26.8 Å². The standard InChI is InChI=1S/C17H27NO/c1-13(14-10-8-7-9-11-14)12-17(5,6)18-15(19)16(2,3)4/h7-11,13H,12H2,1-6H3,(H,18,19). The summed E-state index contributed by atoms with van der Waals surface area (Å²) in [6.45, 7) is 12.2. The lowest BCUT2D eigenvalue weighted by Crippen LogP contribution is -2.48. The van der Waals surface area contributed by atoms with E-state index in [4.69, 9.17) is 0 Å². The lowest BCUT2D eigenvalue weighted by Gasteiger charge is -2.32. The van der Waals surface area contributed by atoms with E-state index in [1.54, 1.807) is 0 Å². The number of amides is 1. The Bertz CT molecular complexity index is 415. The van der Waals surface area contributed by atoms with Crippen LogP contribution in [0.3, 0.4) is 0 Å². The third-order valence-corrected chi connectivity index (χ3v) is 3.32. The second kappa shape index (κ2) is 5.77. The first-order valence-corrected chi connectivity index (χ1v) is 6.99.